The average molecular weight is 723 g/mol. The van der Waals surface area contributed by atoms with E-state index in [4.69, 9.17) is 14.8 Å². The summed E-state index contributed by atoms with van der Waals surface area (Å²) in [6.45, 7) is 4.03. The molecule has 0 aliphatic heterocycles. The lowest BCUT2D eigenvalue weighted by Gasteiger charge is -2.23. The molecule has 0 aromatic rings. The molecule has 0 spiro atoms. The van der Waals surface area contributed by atoms with E-state index in [1.807, 2.05) is 6.08 Å². The minimum absolute atomic E-state index is 0.0678. The van der Waals surface area contributed by atoms with Crippen LogP contribution in [-0.2, 0) is 18.4 Å². The Morgan fingerprint density at radius 3 is 1.70 bits per heavy atom. The van der Waals surface area contributed by atoms with Gasteiger partial charge in [0.2, 0.25) is 5.91 Å². The van der Waals surface area contributed by atoms with E-state index in [9.17, 15) is 19.4 Å². The number of aliphatic hydroxyl groups excluding tert-OH is 1. The lowest BCUT2D eigenvalue weighted by atomic mass is 10.1. The fourth-order valence-corrected chi connectivity index (χ4v) is 6.01. The van der Waals surface area contributed by atoms with Crippen LogP contribution in [0.25, 0.3) is 0 Å². The number of unbranched alkanes of at least 4 members (excludes halogenated alkanes) is 16. The van der Waals surface area contributed by atoms with Gasteiger partial charge in [-0.15, -0.1) is 0 Å². The summed E-state index contributed by atoms with van der Waals surface area (Å²) < 4.78 is 22.0. The summed E-state index contributed by atoms with van der Waals surface area (Å²) >= 11 is 0. The molecule has 0 radical (unpaired) electrons. The second-order valence-corrected chi connectivity index (χ2v) is 14.6. The van der Waals surface area contributed by atoms with Crippen LogP contribution < -0.4 is 11.1 Å². The number of nitrogens with one attached hydrogen (secondary N) is 1. The zero-order valence-corrected chi connectivity index (χ0v) is 32.8. The molecule has 0 heterocycles. The molecule has 0 aliphatic rings. The molecule has 3 atom stereocenters. The quantitative estimate of drug-likeness (QED) is 0.0288. The summed E-state index contributed by atoms with van der Waals surface area (Å²) in [6.07, 6.45) is 45.5. The molecule has 0 bridgehead atoms. The molecule has 1 amide bonds. The van der Waals surface area contributed by atoms with Gasteiger partial charge < -0.3 is 21.1 Å². The summed E-state index contributed by atoms with van der Waals surface area (Å²) in [5, 5.41) is 13.6. The van der Waals surface area contributed by atoms with Gasteiger partial charge in [0.05, 0.1) is 25.4 Å². The maximum absolute atomic E-state index is 12.7. The van der Waals surface area contributed by atoms with E-state index in [-0.39, 0.29) is 25.7 Å². The summed E-state index contributed by atoms with van der Waals surface area (Å²) in [4.78, 5) is 22.6. The number of phosphoric ester groups is 1. The van der Waals surface area contributed by atoms with Crippen LogP contribution in [0.3, 0.4) is 0 Å². The normalized spacial score (nSPS) is 14.9. The Bertz CT molecular complexity index is 965. The van der Waals surface area contributed by atoms with E-state index in [0.717, 1.165) is 70.6 Å². The first-order valence-corrected chi connectivity index (χ1v) is 21.4. The summed E-state index contributed by atoms with van der Waals surface area (Å²) in [7, 11) is -4.35. The number of phosphoric acid groups is 1. The molecule has 0 aliphatic carbocycles. The van der Waals surface area contributed by atoms with Gasteiger partial charge in [-0.2, -0.15) is 0 Å². The van der Waals surface area contributed by atoms with Crippen molar-refractivity contribution in [3.05, 3.63) is 60.8 Å². The predicted octanol–water partition coefficient (Wildman–Crippen LogP) is 10.7. The predicted molar refractivity (Wildman–Crippen MR) is 212 cm³/mol. The van der Waals surface area contributed by atoms with Crippen LogP contribution in [-0.4, -0.2) is 47.8 Å². The maximum Gasteiger partial charge on any atom is 0.472 e. The van der Waals surface area contributed by atoms with Gasteiger partial charge in [0, 0.05) is 13.0 Å². The standard InChI is InChI=1S/C41H75N2O6P/c1-3-5-7-9-11-13-15-17-18-19-20-21-23-25-27-29-31-33-35-41(45)43-39(38-49-50(46,47)48-37-36-42)40(44)34-32-30-28-26-24-22-16-14-12-10-8-6-4-2/h12-15,18-19,24,26,32,34,39-40,44H,3-11,16-17,20-23,25,27-31,33,35-38,42H2,1-2H3,(H,43,45)(H,46,47)/b14-12+,15-13-,19-18-,26-24+,34-32+. The number of nitrogens with two attached hydrogens (primary N) is 1. The van der Waals surface area contributed by atoms with Gasteiger partial charge in [-0.1, -0.05) is 139 Å². The average Bonchev–Trinajstić information content (AvgIpc) is 3.10. The number of amides is 1. The Morgan fingerprint density at radius 1 is 0.660 bits per heavy atom. The SMILES string of the molecule is CCCCC/C=C/CC/C=C/CC/C=C/C(O)C(COP(=O)(O)OCCN)NC(=O)CCCCCCCCC/C=C\C/C=C\CCCCCC. The van der Waals surface area contributed by atoms with E-state index in [1.165, 1.54) is 70.6 Å². The zero-order chi connectivity index (χ0) is 36.8. The molecule has 5 N–H and O–H groups in total. The molecular formula is C41H75N2O6P. The third-order valence-corrected chi connectivity index (χ3v) is 9.28. The molecule has 0 rings (SSSR count). The van der Waals surface area contributed by atoms with Crippen LogP contribution in [0.5, 0.6) is 0 Å². The van der Waals surface area contributed by atoms with Crippen molar-refractivity contribution in [2.75, 3.05) is 19.8 Å². The number of aliphatic hydroxyl groups is 1. The van der Waals surface area contributed by atoms with Crippen molar-refractivity contribution in [3.63, 3.8) is 0 Å². The molecule has 0 saturated carbocycles. The van der Waals surface area contributed by atoms with Crippen molar-refractivity contribution in [2.24, 2.45) is 5.73 Å². The zero-order valence-electron chi connectivity index (χ0n) is 31.9. The van der Waals surface area contributed by atoms with Gasteiger partial charge in [0.1, 0.15) is 0 Å². The van der Waals surface area contributed by atoms with Crippen LogP contribution >= 0.6 is 7.82 Å². The Hall–Kier alpha value is -1.80. The molecule has 0 aromatic carbocycles. The van der Waals surface area contributed by atoms with Gasteiger partial charge in [0.15, 0.2) is 0 Å². The van der Waals surface area contributed by atoms with Gasteiger partial charge in [-0.25, -0.2) is 4.57 Å². The number of carbonyl (C=O) groups excluding carboxylic acids is 1. The van der Waals surface area contributed by atoms with Gasteiger partial charge in [-0.05, 0) is 77.0 Å². The highest BCUT2D eigenvalue weighted by Gasteiger charge is 2.26. The minimum atomic E-state index is -4.35. The van der Waals surface area contributed by atoms with Crippen LogP contribution in [0.1, 0.15) is 162 Å². The van der Waals surface area contributed by atoms with Gasteiger partial charge in [0.25, 0.3) is 0 Å². The minimum Gasteiger partial charge on any atom is -0.387 e. The number of allylic oxidation sites excluding steroid dienone is 9. The second-order valence-electron chi connectivity index (χ2n) is 13.1. The summed E-state index contributed by atoms with van der Waals surface area (Å²) in [6, 6.07) is -0.888. The van der Waals surface area contributed by atoms with Crippen LogP contribution in [0.2, 0.25) is 0 Å². The number of hydrogen-bond acceptors (Lipinski definition) is 6. The Balaban J connectivity index is 4.34. The third kappa shape index (κ3) is 34.6. The Labute approximate surface area is 306 Å². The van der Waals surface area contributed by atoms with Crippen LogP contribution in [0, 0.1) is 0 Å². The topological polar surface area (TPSA) is 131 Å². The van der Waals surface area contributed by atoms with Gasteiger partial charge >= 0.3 is 7.82 Å². The first kappa shape index (κ1) is 48.2. The third-order valence-electron chi connectivity index (χ3n) is 8.29. The molecule has 8 nitrogen and oxygen atoms in total. The van der Waals surface area contributed by atoms with Crippen molar-refractivity contribution in [1.29, 1.82) is 0 Å². The van der Waals surface area contributed by atoms with Crippen LogP contribution in [0.4, 0.5) is 0 Å². The molecule has 9 heteroatoms. The lowest BCUT2D eigenvalue weighted by molar-refractivity contribution is -0.123. The molecule has 0 saturated heterocycles. The van der Waals surface area contributed by atoms with E-state index in [1.54, 1.807) is 6.08 Å². The molecule has 0 fully saturated rings. The van der Waals surface area contributed by atoms with E-state index in [2.05, 4.69) is 67.8 Å². The molecule has 50 heavy (non-hydrogen) atoms. The van der Waals surface area contributed by atoms with E-state index in [0.29, 0.717) is 6.42 Å². The van der Waals surface area contributed by atoms with Gasteiger partial charge in [-0.3, -0.25) is 13.8 Å². The molecular weight excluding hydrogens is 647 g/mol. The van der Waals surface area contributed by atoms with Crippen molar-refractivity contribution in [3.8, 4) is 0 Å². The van der Waals surface area contributed by atoms with Crippen molar-refractivity contribution >= 4 is 13.7 Å². The van der Waals surface area contributed by atoms with E-state index < -0.39 is 20.0 Å². The smallest absolute Gasteiger partial charge is 0.387 e. The summed E-state index contributed by atoms with van der Waals surface area (Å²) in [5.41, 5.74) is 5.35. The first-order valence-electron chi connectivity index (χ1n) is 19.9. The second kappa shape index (κ2) is 37.0. The fraction of sp³-hybridized carbons (Fsp3) is 0.732. The van der Waals surface area contributed by atoms with Crippen molar-refractivity contribution in [2.45, 2.75) is 174 Å². The number of carbonyl (C=O) groups is 1. The largest absolute Gasteiger partial charge is 0.472 e. The summed E-state index contributed by atoms with van der Waals surface area (Å²) in [5.74, 6) is -0.220. The van der Waals surface area contributed by atoms with E-state index >= 15 is 0 Å². The van der Waals surface area contributed by atoms with Crippen molar-refractivity contribution in [1.82, 2.24) is 5.32 Å². The fourth-order valence-electron chi connectivity index (χ4n) is 5.25. The highest BCUT2D eigenvalue weighted by Crippen LogP contribution is 2.43. The lowest BCUT2D eigenvalue weighted by Crippen LogP contribution is -2.45. The maximum atomic E-state index is 12.7. The number of hydrogen-bond donors (Lipinski definition) is 4. The highest BCUT2D eigenvalue weighted by molar-refractivity contribution is 7.47. The first-order chi connectivity index (χ1) is 24.4. The highest BCUT2D eigenvalue weighted by atomic mass is 31.2. The number of rotatable bonds is 36. The molecule has 290 valence electrons. The van der Waals surface area contributed by atoms with Crippen molar-refractivity contribution < 1.29 is 28.4 Å². The van der Waals surface area contributed by atoms with Crippen LogP contribution in [0.15, 0.2) is 60.8 Å². The monoisotopic (exact) mass is 723 g/mol. The Morgan fingerprint density at radius 2 is 1.12 bits per heavy atom. The molecule has 0 aromatic heterocycles. The Kier molecular flexibility index (Phi) is 35.6. The molecule has 3 unspecified atom stereocenters.